The van der Waals surface area contributed by atoms with Gasteiger partial charge in [-0.2, -0.15) is 0 Å². The molecule has 0 aromatic heterocycles. The van der Waals surface area contributed by atoms with Crippen LogP contribution in [0.5, 0.6) is 17.2 Å². The molecule has 0 unspecified atom stereocenters. The summed E-state index contributed by atoms with van der Waals surface area (Å²) in [5, 5.41) is 22.4. The zero-order valence-corrected chi connectivity index (χ0v) is 43.9. The number of morpholine rings is 1. The Bertz CT molecular complexity index is 3490. The van der Waals surface area contributed by atoms with Gasteiger partial charge in [-0.25, -0.2) is 9.69 Å². The monoisotopic (exact) mass is 1100 g/mol. The van der Waals surface area contributed by atoms with Crippen LogP contribution in [-0.4, -0.2) is 114 Å². The van der Waals surface area contributed by atoms with Gasteiger partial charge in [-0.1, -0.05) is 90.7 Å². The van der Waals surface area contributed by atoms with E-state index in [1.54, 1.807) is 23.1 Å². The summed E-state index contributed by atoms with van der Waals surface area (Å²) in [6.45, 7) is 1.35. The molecule has 412 valence electrons. The van der Waals surface area contributed by atoms with Crippen LogP contribution in [0.1, 0.15) is 63.6 Å². The fourth-order valence-electron chi connectivity index (χ4n) is 11.9. The minimum absolute atomic E-state index is 0.000422. The number of carbonyl (C=O) groups is 6. The van der Waals surface area contributed by atoms with Gasteiger partial charge in [-0.05, 0) is 88.0 Å². The van der Waals surface area contributed by atoms with E-state index in [9.17, 15) is 24.8 Å². The number of amides is 3. The van der Waals surface area contributed by atoms with E-state index >= 15 is 19.2 Å². The highest BCUT2D eigenvalue weighted by molar-refractivity contribution is 6.23. The van der Waals surface area contributed by atoms with E-state index in [0.29, 0.717) is 53.4 Å². The summed E-state index contributed by atoms with van der Waals surface area (Å²) in [5.41, 5.74) is 0.944. The molecule has 0 radical (unpaired) electrons. The van der Waals surface area contributed by atoms with Crippen LogP contribution in [-0.2, 0) is 61.5 Å². The zero-order chi connectivity index (χ0) is 56.5. The molecule has 1 N–H and O–H groups in total. The second-order valence-corrected chi connectivity index (χ2v) is 20.1. The molecule has 1 spiro atoms. The highest BCUT2D eigenvalue weighted by Gasteiger charge is 2.76. The fourth-order valence-corrected chi connectivity index (χ4v) is 11.9. The Morgan fingerprint density at radius 1 is 0.753 bits per heavy atom. The summed E-state index contributed by atoms with van der Waals surface area (Å²) in [5.74, 6) is -0.0293. The summed E-state index contributed by atoms with van der Waals surface area (Å²) < 4.78 is 33.4. The third-order valence-electron chi connectivity index (χ3n) is 15.7. The first-order valence-corrected chi connectivity index (χ1v) is 26.1. The molecule has 5 aliphatic rings. The molecule has 81 heavy (non-hydrogen) atoms. The van der Waals surface area contributed by atoms with Crippen LogP contribution in [0.25, 0.3) is 0 Å². The van der Waals surface area contributed by atoms with E-state index in [4.69, 9.17) is 28.4 Å². The minimum Gasteiger partial charge on any atom is -0.508 e. The number of fused-ring (bicyclic) bond motifs is 4. The Labute approximate surface area is 464 Å². The van der Waals surface area contributed by atoms with Crippen molar-refractivity contribution in [2.45, 2.75) is 49.2 Å². The van der Waals surface area contributed by atoms with Crippen LogP contribution in [0.3, 0.4) is 0 Å². The molecular weight excluding hydrogens is 1040 g/mol. The quantitative estimate of drug-likeness (QED) is 0.0322. The highest BCUT2D eigenvalue weighted by Crippen LogP contribution is 2.66. The number of phenolic OH excluding ortho intramolecular Hbond substituents is 1. The van der Waals surface area contributed by atoms with Crippen molar-refractivity contribution in [1.82, 2.24) is 14.7 Å². The van der Waals surface area contributed by atoms with Crippen molar-refractivity contribution in [3.05, 3.63) is 195 Å². The number of hydrogen-bond acceptors (Lipinski definition) is 17. The molecule has 3 amide bonds. The summed E-state index contributed by atoms with van der Waals surface area (Å²) in [6, 6.07) is 36.4. The van der Waals surface area contributed by atoms with Gasteiger partial charge in [0.25, 0.3) is 5.69 Å². The van der Waals surface area contributed by atoms with E-state index in [1.165, 1.54) is 48.5 Å². The van der Waals surface area contributed by atoms with Gasteiger partial charge < -0.3 is 38.4 Å². The number of non-ortho nitro benzene ring substituents is 1. The third-order valence-corrected chi connectivity index (χ3v) is 15.7. The number of hydrogen-bond donors (Lipinski definition) is 1. The van der Waals surface area contributed by atoms with Crippen molar-refractivity contribution < 1.29 is 67.2 Å². The lowest BCUT2D eigenvalue weighted by Crippen LogP contribution is -2.59. The molecule has 6 aromatic rings. The number of nitro groups is 1. The number of carbonyl (C=O) groups excluding carboxylic acids is 6. The maximum absolute atomic E-state index is 16.8. The number of phenols is 1. The Morgan fingerprint density at radius 3 is 2.07 bits per heavy atom. The van der Waals surface area contributed by atoms with Gasteiger partial charge >= 0.3 is 24.0 Å². The maximum atomic E-state index is 16.8. The number of nitro benzene ring substituents is 1. The van der Waals surface area contributed by atoms with Gasteiger partial charge in [0.1, 0.15) is 29.9 Å². The summed E-state index contributed by atoms with van der Waals surface area (Å²) in [7, 11) is 2.26. The summed E-state index contributed by atoms with van der Waals surface area (Å²) in [4.78, 5) is 107. The average Bonchev–Trinajstić information content (AvgIpc) is 1.78. The zero-order valence-electron chi connectivity index (χ0n) is 43.9. The maximum Gasteiger partial charge on any atom is 0.421 e. The summed E-state index contributed by atoms with van der Waals surface area (Å²) >= 11 is 0. The van der Waals surface area contributed by atoms with E-state index in [-0.39, 0.29) is 54.6 Å². The van der Waals surface area contributed by atoms with Crippen LogP contribution in [0.2, 0.25) is 0 Å². The Kier molecular flexibility index (Phi) is 14.7. The second-order valence-electron chi connectivity index (χ2n) is 20.1. The van der Waals surface area contributed by atoms with Crippen molar-refractivity contribution in [1.29, 1.82) is 0 Å². The first-order chi connectivity index (χ1) is 39.3. The number of benzene rings is 6. The van der Waals surface area contributed by atoms with E-state index < -0.39 is 88.8 Å². The van der Waals surface area contributed by atoms with Gasteiger partial charge in [-0.15, -0.1) is 0 Å². The van der Waals surface area contributed by atoms with Crippen molar-refractivity contribution in [3.8, 4) is 29.1 Å². The number of aromatic hydroxyl groups is 1. The number of rotatable bonds is 12. The Hall–Kier alpha value is -9.58. The molecule has 0 bridgehead atoms. The van der Waals surface area contributed by atoms with Crippen LogP contribution in [0.15, 0.2) is 146 Å². The molecule has 3 saturated heterocycles. The fraction of sp³-hybridized carbons (Fsp3) is 0.279. The van der Waals surface area contributed by atoms with Gasteiger partial charge in [0.15, 0.2) is 17.4 Å². The molecule has 20 nitrogen and oxygen atoms in total. The SMILES string of the molecule is COC(=O)C(CC#Cc1ccc2c(c1)[C@]1(C(=O)N2C(=O)OCc2ccc([N+](=O)[O-])cc2)[C@H](c2ccc(O)cc2)N2[C@H](c3ccccc3)[C@H](c3ccccc3)OC(=O)[C@H]2[C@@H]1C(=O)N1CCN(Cc2ccc3c(c2)OCO3)CC1)C(=O)OC. The van der Waals surface area contributed by atoms with Gasteiger partial charge in [0, 0.05) is 56.8 Å². The van der Waals surface area contributed by atoms with Crippen molar-refractivity contribution >= 4 is 47.2 Å². The van der Waals surface area contributed by atoms with Gasteiger partial charge in [0.2, 0.25) is 18.6 Å². The predicted octanol–water partition coefficient (Wildman–Crippen LogP) is 7.08. The molecule has 5 aliphatic heterocycles. The largest absolute Gasteiger partial charge is 0.508 e. The number of methoxy groups -OCH3 is 2. The van der Waals surface area contributed by atoms with Crippen LogP contribution in [0.4, 0.5) is 16.2 Å². The normalized spacial score (nSPS) is 21.8. The van der Waals surface area contributed by atoms with E-state index in [2.05, 4.69) is 16.7 Å². The van der Waals surface area contributed by atoms with Crippen molar-refractivity contribution in [3.63, 3.8) is 0 Å². The van der Waals surface area contributed by atoms with Crippen LogP contribution >= 0.6 is 0 Å². The molecular formula is C61H53N5O15. The number of anilines is 1. The smallest absolute Gasteiger partial charge is 0.421 e. The van der Waals surface area contributed by atoms with Crippen molar-refractivity contribution in [2.24, 2.45) is 11.8 Å². The van der Waals surface area contributed by atoms with Gasteiger partial charge in [0.05, 0.1) is 42.8 Å². The van der Waals surface area contributed by atoms with E-state index in [1.807, 2.05) is 83.8 Å². The Morgan fingerprint density at radius 2 is 1.41 bits per heavy atom. The number of nitrogens with zero attached hydrogens (tertiary/aromatic N) is 5. The number of ether oxygens (including phenoxy) is 6. The summed E-state index contributed by atoms with van der Waals surface area (Å²) in [6.07, 6.45) is -2.51. The number of piperazine rings is 1. The predicted molar refractivity (Wildman–Crippen MR) is 287 cm³/mol. The van der Waals surface area contributed by atoms with Crippen molar-refractivity contribution in [2.75, 3.05) is 52.1 Å². The number of cyclic esters (lactones) is 1. The molecule has 0 saturated carbocycles. The highest BCUT2D eigenvalue weighted by atomic mass is 16.7. The first kappa shape index (κ1) is 53.4. The molecule has 5 heterocycles. The topological polar surface area (TPSA) is 234 Å². The molecule has 3 fully saturated rings. The number of imide groups is 1. The molecule has 11 rings (SSSR count). The van der Waals surface area contributed by atoms with Crippen LogP contribution in [0, 0.1) is 33.8 Å². The first-order valence-electron chi connectivity index (χ1n) is 26.1. The second kappa shape index (κ2) is 22.3. The van der Waals surface area contributed by atoms with Gasteiger partial charge in [-0.3, -0.25) is 43.9 Å². The van der Waals surface area contributed by atoms with E-state index in [0.717, 1.165) is 24.7 Å². The molecule has 6 atom stereocenters. The lowest BCUT2D eigenvalue weighted by atomic mass is 9.65. The molecule has 0 aliphatic carbocycles. The molecule has 20 heteroatoms. The number of esters is 3. The third kappa shape index (κ3) is 9.80. The minimum atomic E-state index is -2.22. The Balaban J connectivity index is 1.10. The lowest BCUT2D eigenvalue weighted by Gasteiger charge is -2.46. The standard InChI is InChI=1S/C61H53N5O15/c1-76-56(69)45(57(70)77-2)15-9-10-37-18-26-47-46(32-37)61(59(72)64(47)60(73)78-35-38-16-22-43(23-17-38)66(74)75)50(55(68)63-30-28-62(29-31-63)34-39-19-27-48-49(33-39)80-36-79-48)52-58(71)81-53(41-13-7-4-8-14-41)51(40-11-5-3-6-12-40)65(52)54(61)42-20-24-44(67)25-21-42/h3-8,11-14,16-27,32-33,45,50-54,67H,15,28-31,34-36H2,1-2H3/t50-,51-,52-,53+,54+,61-/m1/s1. The average molecular weight is 1100 g/mol. The lowest BCUT2D eigenvalue weighted by molar-refractivity contribution is -0.384. The van der Waals surface area contributed by atoms with Crippen LogP contribution < -0.4 is 14.4 Å². The molecule has 6 aromatic carbocycles.